The van der Waals surface area contributed by atoms with Crippen LogP contribution >= 0.6 is 27.3 Å². The lowest BCUT2D eigenvalue weighted by molar-refractivity contribution is 0.152. The van der Waals surface area contributed by atoms with Crippen molar-refractivity contribution in [1.29, 1.82) is 0 Å². The molecule has 19 heavy (non-hydrogen) atoms. The number of hydrogen-bond donors (Lipinski definition) is 0. The molecule has 1 aromatic rings. The van der Waals surface area contributed by atoms with Gasteiger partial charge in [0, 0.05) is 37.1 Å². The number of halogens is 1. The van der Waals surface area contributed by atoms with E-state index in [1.54, 1.807) is 0 Å². The minimum atomic E-state index is 0.916. The molecule has 4 rings (SSSR count). The Morgan fingerprint density at radius 2 is 2.16 bits per heavy atom. The molecular weight excluding hydrogens is 320 g/mol. The molecule has 3 saturated heterocycles. The van der Waals surface area contributed by atoms with Crippen molar-refractivity contribution in [2.75, 3.05) is 26.2 Å². The second-order valence-corrected chi connectivity index (χ2v) is 8.93. The van der Waals surface area contributed by atoms with E-state index in [4.69, 9.17) is 0 Å². The van der Waals surface area contributed by atoms with E-state index in [1.807, 2.05) is 11.3 Å². The molecule has 1 aromatic heterocycles. The first-order valence-corrected chi connectivity index (χ1v) is 9.11. The van der Waals surface area contributed by atoms with Crippen LogP contribution in [0.1, 0.15) is 24.1 Å². The van der Waals surface area contributed by atoms with Gasteiger partial charge in [0.1, 0.15) is 0 Å². The summed E-state index contributed by atoms with van der Waals surface area (Å²) in [4.78, 5) is 6.99. The van der Waals surface area contributed by atoms with Crippen molar-refractivity contribution in [1.82, 2.24) is 9.80 Å². The van der Waals surface area contributed by atoms with Crippen LogP contribution in [0, 0.1) is 11.8 Å². The highest BCUT2D eigenvalue weighted by atomic mass is 79.9. The van der Waals surface area contributed by atoms with Gasteiger partial charge in [-0.3, -0.25) is 9.80 Å². The van der Waals surface area contributed by atoms with Crippen LogP contribution < -0.4 is 0 Å². The molecular formula is C15H21BrN2S. The highest BCUT2D eigenvalue weighted by Gasteiger charge is 2.46. The van der Waals surface area contributed by atoms with Gasteiger partial charge in [-0.1, -0.05) is 6.42 Å². The normalized spacial score (nSPS) is 35.5. The third kappa shape index (κ3) is 2.41. The molecule has 4 heterocycles. The van der Waals surface area contributed by atoms with Crippen LogP contribution in [0.4, 0.5) is 0 Å². The van der Waals surface area contributed by atoms with Gasteiger partial charge >= 0.3 is 0 Å². The molecule has 0 N–H and O–H groups in total. The summed E-state index contributed by atoms with van der Waals surface area (Å²) in [5, 5.41) is 0. The van der Waals surface area contributed by atoms with E-state index in [9.17, 15) is 0 Å². The molecule has 0 aromatic carbocycles. The maximum absolute atomic E-state index is 3.57. The maximum atomic E-state index is 3.57. The van der Waals surface area contributed by atoms with Crippen LogP contribution in [0.2, 0.25) is 0 Å². The molecule has 3 fully saturated rings. The molecule has 0 saturated carbocycles. The van der Waals surface area contributed by atoms with E-state index < -0.39 is 0 Å². The zero-order valence-corrected chi connectivity index (χ0v) is 13.6. The predicted molar refractivity (Wildman–Crippen MR) is 83.5 cm³/mol. The molecule has 104 valence electrons. The lowest BCUT2D eigenvalue weighted by atomic mass is 9.90. The van der Waals surface area contributed by atoms with Crippen molar-refractivity contribution < 1.29 is 0 Å². The van der Waals surface area contributed by atoms with E-state index in [1.165, 1.54) is 54.1 Å². The van der Waals surface area contributed by atoms with Gasteiger partial charge in [-0.25, -0.2) is 0 Å². The minimum absolute atomic E-state index is 0.916. The lowest BCUT2D eigenvalue weighted by Crippen LogP contribution is -2.39. The third-order valence-corrected chi connectivity index (χ3v) is 6.81. The molecule has 3 aliphatic rings. The number of fused-ring (bicyclic) bond motifs is 3. The molecule has 0 bridgehead atoms. The summed E-state index contributed by atoms with van der Waals surface area (Å²) in [6.07, 6.45) is 4.35. The standard InChI is InChI=1S/C15H21BrN2S/c16-15-5-4-12(19-15)9-17-7-11-8-18-6-2-1-3-14(18)13(11)10-17/h4-5,11,13-14H,1-3,6-10H2/t11-,13-,14+/m1/s1. The van der Waals surface area contributed by atoms with Gasteiger partial charge < -0.3 is 0 Å². The van der Waals surface area contributed by atoms with E-state index >= 15 is 0 Å². The second-order valence-electron chi connectivity index (χ2n) is 6.38. The summed E-state index contributed by atoms with van der Waals surface area (Å²) in [6, 6.07) is 5.37. The summed E-state index contributed by atoms with van der Waals surface area (Å²) in [5.41, 5.74) is 0. The van der Waals surface area contributed by atoms with E-state index in [2.05, 4.69) is 37.9 Å². The van der Waals surface area contributed by atoms with Crippen LogP contribution in [0.3, 0.4) is 0 Å². The Labute approximate surface area is 127 Å². The molecule has 0 spiro atoms. The fraction of sp³-hybridized carbons (Fsp3) is 0.733. The number of thiophene rings is 1. The average molecular weight is 341 g/mol. The monoisotopic (exact) mass is 340 g/mol. The van der Waals surface area contributed by atoms with Crippen LogP contribution in [0.5, 0.6) is 0 Å². The summed E-state index contributed by atoms with van der Waals surface area (Å²) in [7, 11) is 0. The van der Waals surface area contributed by atoms with Crippen molar-refractivity contribution in [3.63, 3.8) is 0 Å². The molecule has 4 heteroatoms. The maximum Gasteiger partial charge on any atom is 0.0701 e. The Hall–Kier alpha value is 0.1000. The van der Waals surface area contributed by atoms with Crippen LogP contribution in [0.15, 0.2) is 15.9 Å². The van der Waals surface area contributed by atoms with Gasteiger partial charge in [0.15, 0.2) is 0 Å². The van der Waals surface area contributed by atoms with Gasteiger partial charge in [0.05, 0.1) is 3.79 Å². The Morgan fingerprint density at radius 3 is 3.00 bits per heavy atom. The van der Waals surface area contributed by atoms with Crippen LogP contribution in [-0.2, 0) is 6.54 Å². The summed E-state index contributed by atoms with van der Waals surface area (Å²) in [6.45, 7) is 6.57. The van der Waals surface area contributed by atoms with E-state index in [0.717, 1.165) is 24.4 Å². The second kappa shape index (κ2) is 5.14. The van der Waals surface area contributed by atoms with Crippen molar-refractivity contribution >= 4 is 27.3 Å². The van der Waals surface area contributed by atoms with E-state index in [-0.39, 0.29) is 0 Å². The first-order valence-electron chi connectivity index (χ1n) is 7.50. The minimum Gasteiger partial charge on any atom is -0.300 e. The molecule has 0 aliphatic carbocycles. The summed E-state index contributed by atoms with van der Waals surface area (Å²) in [5.74, 6) is 1.91. The third-order valence-electron chi connectivity index (χ3n) is 5.20. The van der Waals surface area contributed by atoms with Crippen molar-refractivity contribution in [3.8, 4) is 0 Å². The number of likely N-dealkylation sites (tertiary alicyclic amines) is 1. The van der Waals surface area contributed by atoms with Gasteiger partial charge in [0.25, 0.3) is 0 Å². The summed E-state index contributed by atoms with van der Waals surface area (Å²) < 4.78 is 1.26. The average Bonchev–Trinajstić information content (AvgIpc) is 3.04. The molecule has 2 nitrogen and oxygen atoms in total. The van der Waals surface area contributed by atoms with Gasteiger partial charge in [-0.2, -0.15) is 0 Å². The Kier molecular flexibility index (Phi) is 3.46. The quantitative estimate of drug-likeness (QED) is 0.813. The fourth-order valence-corrected chi connectivity index (χ4v) is 5.96. The smallest absolute Gasteiger partial charge is 0.0701 e. The number of rotatable bonds is 2. The Balaban J connectivity index is 1.41. The molecule has 3 aliphatic heterocycles. The molecule has 3 atom stereocenters. The summed E-state index contributed by atoms with van der Waals surface area (Å²) >= 11 is 5.46. The zero-order valence-electron chi connectivity index (χ0n) is 11.2. The van der Waals surface area contributed by atoms with Crippen molar-refractivity contribution in [2.45, 2.75) is 31.8 Å². The number of piperidine rings is 1. The SMILES string of the molecule is Brc1ccc(CN2C[C@@H]3CN4CCCC[C@H]4[C@@H]3C2)s1. The highest BCUT2D eigenvalue weighted by molar-refractivity contribution is 9.11. The highest BCUT2D eigenvalue weighted by Crippen LogP contribution is 2.41. The Morgan fingerprint density at radius 1 is 1.21 bits per heavy atom. The van der Waals surface area contributed by atoms with Crippen molar-refractivity contribution in [2.24, 2.45) is 11.8 Å². The first-order chi connectivity index (χ1) is 9.29. The zero-order chi connectivity index (χ0) is 12.8. The van der Waals surface area contributed by atoms with Gasteiger partial charge in [-0.15, -0.1) is 11.3 Å². The largest absolute Gasteiger partial charge is 0.300 e. The first kappa shape index (κ1) is 12.8. The van der Waals surface area contributed by atoms with Crippen LogP contribution in [-0.4, -0.2) is 42.0 Å². The van der Waals surface area contributed by atoms with Gasteiger partial charge in [0.2, 0.25) is 0 Å². The molecule has 0 radical (unpaired) electrons. The van der Waals surface area contributed by atoms with Crippen LogP contribution in [0.25, 0.3) is 0 Å². The number of hydrogen-bond acceptors (Lipinski definition) is 3. The van der Waals surface area contributed by atoms with E-state index in [0.29, 0.717) is 0 Å². The molecule has 0 amide bonds. The fourth-order valence-electron chi connectivity index (χ4n) is 4.43. The Bertz CT molecular complexity index is 461. The van der Waals surface area contributed by atoms with Gasteiger partial charge in [-0.05, 0) is 59.3 Å². The topological polar surface area (TPSA) is 6.48 Å². The number of nitrogens with zero attached hydrogens (tertiary/aromatic N) is 2. The lowest BCUT2D eigenvalue weighted by Gasteiger charge is -2.33. The van der Waals surface area contributed by atoms with Crippen molar-refractivity contribution in [3.05, 3.63) is 20.8 Å². The molecule has 0 unspecified atom stereocenters. The predicted octanol–water partition coefficient (Wildman–Crippen LogP) is 3.43.